The molecule has 1 N–H and O–H groups in total. The fourth-order valence-electron chi connectivity index (χ4n) is 2.68. The summed E-state index contributed by atoms with van der Waals surface area (Å²) in [7, 11) is 0. The molecule has 0 aliphatic heterocycles. The first-order valence-corrected chi connectivity index (χ1v) is 8.35. The first-order chi connectivity index (χ1) is 9.81. The van der Waals surface area contributed by atoms with Crippen LogP contribution in [0.2, 0.25) is 0 Å². The largest absolute Gasteiger partial charge is 0.314 e. The van der Waals surface area contributed by atoms with Crippen LogP contribution in [0.3, 0.4) is 0 Å². The molecule has 0 heterocycles. The molecule has 0 bridgehead atoms. The van der Waals surface area contributed by atoms with Gasteiger partial charge in [-0.05, 0) is 62.9 Å². The van der Waals surface area contributed by atoms with Gasteiger partial charge in [0, 0.05) is 12.6 Å². The van der Waals surface area contributed by atoms with E-state index in [2.05, 4.69) is 48.3 Å². The van der Waals surface area contributed by atoms with Gasteiger partial charge >= 0.3 is 0 Å². The number of benzene rings is 1. The number of rotatable bonds is 10. The summed E-state index contributed by atoms with van der Waals surface area (Å²) in [6.07, 6.45) is 6.40. The SMILES string of the molecule is CCCN(CCC)Cc1ccc(CCNC2CC2)cc1. The Morgan fingerprint density at radius 1 is 1.00 bits per heavy atom. The molecule has 112 valence electrons. The Bertz CT molecular complexity index is 362. The Balaban J connectivity index is 1.76. The second kappa shape index (κ2) is 8.43. The van der Waals surface area contributed by atoms with E-state index in [0.717, 1.165) is 25.6 Å². The molecule has 1 saturated carbocycles. The van der Waals surface area contributed by atoms with Crippen molar-refractivity contribution in [1.29, 1.82) is 0 Å². The lowest BCUT2D eigenvalue weighted by molar-refractivity contribution is 0.266. The van der Waals surface area contributed by atoms with Crippen molar-refractivity contribution in [2.45, 2.75) is 58.5 Å². The summed E-state index contributed by atoms with van der Waals surface area (Å²) >= 11 is 0. The summed E-state index contributed by atoms with van der Waals surface area (Å²) in [5.41, 5.74) is 2.91. The van der Waals surface area contributed by atoms with Crippen LogP contribution in [0, 0.1) is 0 Å². The van der Waals surface area contributed by atoms with Crippen LogP contribution in [0.25, 0.3) is 0 Å². The van der Waals surface area contributed by atoms with Gasteiger partial charge in [0.25, 0.3) is 0 Å². The highest BCUT2D eigenvalue weighted by atomic mass is 15.1. The zero-order valence-electron chi connectivity index (χ0n) is 13.2. The van der Waals surface area contributed by atoms with E-state index in [0.29, 0.717) is 0 Å². The molecule has 1 aromatic rings. The van der Waals surface area contributed by atoms with Crippen LogP contribution in [-0.4, -0.2) is 30.6 Å². The summed E-state index contributed by atoms with van der Waals surface area (Å²) < 4.78 is 0. The molecule has 2 heteroatoms. The van der Waals surface area contributed by atoms with Gasteiger partial charge in [-0.25, -0.2) is 0 Å². The highest BCUT2D eigenvalue weighted by molar-refractivity contribution is 5.22. The van der Waals surface area contributed by atoms with Crippen LogP contribution < -0.4 is 5.32 Å². The topological polar surface area (TPSA) is 15.3 Å². The van der Waals surface area contributed by atoms with Gasteiger partial charge in [-0.15, -0.1) is 0 Å². The second-order valence-electron chi connectivity index (χ2n) is 6.07. The molecule has 0 unspecified atom stereocenters. The molecular weight excluding hydrogens is 244 g/mol. The molecule has 1 aliphatic carbocycles. The average molecular weight is 274 g/mol. The second-order valence-corrected chi connectivity index (χ2v) is 6.07. The summed E-state index contributed by atoms with van der Waals surface area (Å²) in [6, 6.07) is 10.1. The van der Waals surface area contributed by atoms with E-state index in [9.17, 15) is 0 Å². The van der Waals surface area contributed by atoms with Crippen LogP contribution in [0.4, 0.5) is 0 Å². The molecule has 2 rings (SSSR count). The fourth-order valence-corrected chi connectivity index (χ4v) is 2.68. The molecule has 0 saturated heterocycles. The summed E-state index contributed by atoms with van der Waals surface area (Å²) in [5, 5.41) is 3.58. The minimum Gasteiger partial charge on any atom is -0.314 e. The molecule has 1 aliphatic rings. The predicted octanol–water partition coefficient (Wildman–Crippen LogP) is 3.60. The van der Waals surface area contributed by atoms with Gasteiger partial charge in [0.15, 0.2) is 0 Å². The van der Waals surface area contributed by atoms with E-state index in [1.54, 1.807) is 0 Å². The first kappa shape index (κ1) is 15.5. The van der Waals surface area contributed by atoms with Crippen molar-refractivity contribution < 1.29 is 0 Å². The molecular formula is C18H30N2. The average Bonchev–Trinajstić information content (AvgIpc) is 3.26. The van der Waals surface area contributed by atoms with E-state index in [-0.39, 0.29) is 0 Å². The lowest BCUT2D eigenvalue weighted by Gasteiger charge is -2.21. The smallest absolute Gasteiger partial charge is 0.0233 e. The van der Waals surface area contributed by atoms with E-state index >= 15 is 0 Å². The quantitative estimate of drug-likeness (QED) is 0.701. The van der Waals surface area contributed by atoms with Gasteiger partial charge in [-0.2, -0.15) is 0 Å². The Morgan fingerprint density at radius 2 is 1.60 bits per heavy atom. The van der Waals surface area contributed by atoms with E-state index in [1.807, 2.05) is 0 Å². The maximum absolute atomic E-state index is 3.58. The Labute approximate surface area is 124 Å². The van der Waals surface area contributed by atoms with Crippen LogP contribution in [-0.2, 0) is 13.0 Å². The lowest BCUT2D eigenvalue weighted by Crippen LogP contribution is -2.24. The molecule has 1 aromatic carbocycles. The van der Waals surface area contributed by atoms with Crippen molar-refractivity contribution >= 4 is 0 Å². The Hall–Kier alpha value is -0.860. The van der Waals surface area contributed by atoms with Crippen LogP contribution in [0.1, 0.15) is 50.7 Å². The minimum absolute atomic E-state index is 0.825. The Kier molecular flexibility index (Phi) is 6.55. The lowest BCUT2D eigenvalue weighted by atomic mass is 10.1. The highest BCUT2D eigenvalue weighted by Gasteiger charge is 2.19. The van der Waals surface area contributed by atoms with E-state index in [1.165, 1.54) is 49.9 Å². The minimum atomic E-state index is 0.825. The number of nitrogens with zero attached hydrogens (tertiary/aromatic N) is 1. The summed E-state index contributed by atoms with van der Waals surface area (Å²) in [4.78, 5) is 2.56. The van der Waals surface area contributed by atoms with Crippen LogP contribution in [0.15, 0.2) is 24.3 Å². The molecule has 0 amide bonds. The van der Waals surface area contributed by atoms with Crippen molar-refractivity contribution in [3.63, 3.8) is 0 Å². The van der Waals surface area contributed by atoms with E-state index in [4.69, 9.17) is 0 Å². The first-order valence-electron chi connectivity index (χ1n) is 8.35. The molecule has 1 fully saturated rings. The molecule has 0 spiro atoms. The molecule has 0 radical (unpaired) electrons. The van der Waals surface area contributed by atoms with Crippen LogP contribution >= 0.6 is 0 Å². The van der Waals surface area contributed by atoms with Crippen LogP contribution in [0.5, 0.6) is 0 Å². The van der Waals surface area contributed by atoms with Crippen molar-refractivity contribution in [3.05, 3.63) is 35.4 Å². The van der Waals surface area contributed by atoms with Crippen molar-refractivity contribution in [3.8, 4) is 0 Å². The third kappa shape index (κ3) is 5.64. The van der Waals surface area contributed by atoms with Gasteiger partial charge in [-0.3, -0.25) is 4.90 Å². The zero-order valence-corrected chi connectivity index (χ0v) is 13.2. The third-order valence-electron chi connectivity index (χ3n) is 3.93. The zero-order chi connectivity index (χ0) is 14.2. The fraction of sp³-hybridized carbons (Fsp3) is 0.667. The van der Waals surface area contributed by atoms with Gasteiger partial charge < -0.3 is 5.32 Å². The summed E-state index contributed by atoms with van der Waals surface area (Å²) in [6.45, 7) is 9.17. The van der Waals surface area contributed by atoms with Gasteiger partial charge in [0.2, 0.25) is 0 Å². The van der Waals surface area contributed by atoms with Crippen molar-refractivity contribution in [2.24, 2.45) is 0 Å². The monoisotopic (exact) mass is 274 g/mol. The van der Waals surface area contributed by atoms with Crippen molar-refractivity contribution in [2.75, 3.05) is 19.6 Å². The number of hydrogen-bond acceptors (Lipinski definition) is 2. The summed E-state index contributed by atoms with van der Waals surface area (Å²) in [5.74, 6) is 0. The van der Waals surface area contributed by atoms with Gasteiger partial charge in [-0.1, -0.05) is 38.1 Å². The molecule has 2 nitrogen and oxygen atoms in total. The Morgan fingerprint density at radius 3 is 2.15 bits per heavy atom. The highest BCUT2D eigenvalue weighted by Crippen LogP contribution is 2.18. The van der Waals surface area contributed by atoms with Crippen molar-refractivity contribution in [1.82, 2.24) is 10.2 Å². The standard InChI is InChI=1S/C18H30N2/c1-3-13-20(14-4-2)15-17-7-5-16(6-8-17)11-12-19-18-9-10-18/h5-8,18-19H,3-4,9-15H2,1-2H3. The maximum Gasteiger partial charge on any atom is 0.0233 e. The number of nitrogens with one attached hydrogen (secondary N) is 1. The van der Waals surface area contributed by atoms with Gasteiger partial charge in [0.1, 0.15) is 0 Å². The predicted molar refractivity (Wildman–Crippen MR) is 87.0 cm³/mol. The maximum atomic E-state index is 3.58. The molecule has 0 aromatic heterocycles. The molecule has 20 heavy (non-hydrogen) atoms. The van der Waals surface area contributed by atoms with E-state index < -0.39 is 0 Å². The molecule has 0 atom stereocenters. The number of hydrogen-bond donors (Lipinski definition) is 1. The third-order valence-corrected chi connectivity index (χ3v) is 3.93. The normalized spacial score (nSPS) is 14.9. The van der Waals surface area contributed by atoms with Gasteiger partial charge in [0.05, 0.1) is 0 Å².